The molecule has 0 rings (SSSR count). The van der Waals surface area contributed by atoms with Gasteiger partial charge in [0.25, 0.3) is 0 Å². The molecule has 0 unspecified atom stereocenters. The molecule has 0 amide bonds. The van der Waals surface area contributed by atoms with Gasteiger partial charge in [-0.1, -0.05) is 0 Å². The Morgan fingerprint density at radius 2 is 1.19 bits per heavy atom. The number of nitrogens with one attached hydrogen (secondary N) is 1. The Morgan fingerprint density at radius 1 is 0.714 bits per heavy atom. The maximum Gasteiger partial charge on any atom is 0.344 e. The summed E-state index contributed by atoms with van der Waals surface area (Å²) in [7, 11) is 0. The van der Waals surface area contributed by atoms with Crippen LogP contribution in [0.1, 0.15) is 13.8 Å². The van der Waals surface area contributed by atoms with E-state index >= 15 is 0 Å². The summed E-state index contributed by atoms with van der Waals surface area (Å²) in [4.78, 5) is 43.0. The quantitative estimate of drug-likeness (QED) is 0.301. The highest BCUT2D eigenvalue weighted by molar-refractivity contribution is 5.78. The molecule has 0 aromatic carbocycles. The SMILES string of the molecule is CC(=O)OCCNCCOC(=O)COC(=O)COC(C)=O. The highest BCUT2D eigenvalue weighted by Gasteiger charge is 2.09. The fraction of sp³-hybridized carbons (Fsp3) is 0.667. The van der Waals surface area contributed by atoms with E-state index in [1.54, 1.807) is 0 Å². The standard InChI is InChI=1S/C12H19NO8/c1-9(14)18-5-3-13-4-6-19-11(16)8-21-12(17)7-20-10(2)15/h13H,3-8H2,1-2H3. The molecule has 120 valence electrons. The molecule has 0 aliphatic heterocycles. The summed E-state index contributed by atoms with van der Waals surface area (Å²) in [6.45, 7) is 2.49. The van der Waals surface area contributed by atoms with Crippen LogP contribution in [-0.2, 0) is 38.1 Å². The van der Waals surface area contributed by atoms with E-state index in [1.807, 2.05) is 0 Å². The summed E-state index contributed by atoms with van der Waals surface area (Å²) < 4.78 is 18.3. The van der Waals surface area contributed by atoms with Crippen molar-refractivity contribution in [2.24, 2.45) is 0 Å². The van der Waals surface area contributed by atoms with Gasteiger partial charge >= 0.3 is 23.9 Å². The van der Waals surface area contributed by atoms with E-state index in [9.17, 15) is 19.2 Å². The van der Waals surface area contributed by atoms with E-state index in [0.717, 1.165) is 6.92 Å². The molecule has 0 bridgehead atoms. The Kier molecular flexibility index (Phi) is 10.5. The van der Waals surface area contributed by atoms with Crippen LogP contribution in [0.2, 0.25) is 0 Å². The van der Waals surface area contributed by atoms with Gasteiger partial charge in [0.2, 0.25) is 0 Å². The Balaban J connectivity index is 3.44. The zero-order valence-corrected chi connectivity index (χ0v) is 12.0. The molecule has 9 nitrogen and oxygen atoms in total. The molecular weight excluding hydrogens is 286 g/mol. The van der Waals surface area contributed by atoms with E-state index in [-0.39, 0.29) is 19.2 Å². The molecule has 21 heavy (non-hydrogen) atoms. The molecule has 0 atom stereocenters. The van der Waals surface area contributed by atoms with Gasteiger partial charge in [0.05, 0.1) is 0 Å². The molecule has 0 fully saturated rings. The first-order valence-electron chi connectivity index (χ1n) is 6.20. The number of carbonyl (C=O) groups excluding carboxylic acids is 4. The maximum atomic E-state index is 11.2. The molecule has 9 heteroatoms. The first kappa shape index (κ1) is 18.8. The molecule has 0 heterocycles. The predicted molar refractivity (Wildman–Crippen MR) is 68.1 cm³/mol. The van der Waals surface area contributed by atoms with Crippen LogP contribution in [-0.4, -0.2) is 63.4 Å². The first-order valence-corrected chi connectivity index (χ1v) is 6.20. The van der Waals surface area contributed by atoms with Crippen molar-refractivity contribution in [3.8, 4) is 0 Å². The van der Waals surface area contributed by atoms with Crippen molar-refractivity contribution in [1.29, 1.82) is 0 Å². The van der Waals surface area contributed by atoms with E-state index in [0.29, 0.717) is 13.1 Å². The summed E-state index contributed by atoms with van der Waals surface area (Å²) >= 11 is 0. The summed E-state index contributed by atoms with van der Waals surface area (Å²) in [5.41, 5.74) is 0. The molecule has 0 aliphatic rings. The third-order valence-electron chi connectivity index (χ3n) is 1.87. The third-order valence-corrected chi connectivity index (χ3v) is 1.87. The average molecular weight is 305 g/mol. The van der Waals surface area contributed by atoms with Crippen molar-refractivity contribution >= 4 is 23.9 Å². The first-order chi connectivity index (χ1) is 9.91. The second-order valence-electron chi connectivity index (χ2n) is 3.75. The van der Waals surface area contributed by atoms with Crippen molar-refractivity contribution in [2.45, 2.75) is 13.8 Å². The van der Waals surface area contributed by atoms with Gasteiger partial charge in [-0.05, 0) is 0 Å². The van der Waals surface area contributed by atoms with E-state index in [4.69, 9.17) is 4.74 Å². The lowest BCUT2D eigenvalue weighted by Gasteiger charge is -2.07. The lowest BCUT2D eigenvalue weighted by atomic mass is 10.6. The van der Waals surface area contributed by atoms with E-state index in [1.165, 1.54) is 6.92 Å². The largest absolute Gasteiger partial charge is 0.465 e. The van der Waals surface area contributed by atoms with E-state index < -0.39 is 31.1 Å². The Morgan fingerprint density at radius 3 is 1.76 bits per heavy atom. The smallest absolute Gasteiger partial charge is 0.344 e. The molecule has 0 aromatic heterocycles. The van der Waals surface area contributed by atoms with Crippen molar-refractivity contribution in [1.82, 2.24) is 5.32 Å². The minimum Gasteiger partial charge on any atom is -0.465 e. The number of esters is 4. The Hall–Kier alpha value is -2.16. The van der Waals surface area contributed by atoms with Crippen LogP contribution in [0.4, 0.5) is 0 Å². The molecule has 0 saturated heterocycles. The zero-order chi connectivity index (χ0) is 16.1. The van der Waals surface area contributed by atoms with Gasteiger partial charge < -0.3 is 24.3 Å². The van der Waals surface area contributed by atoms with Gasteiger partial charge in [0, 0.05) is 26.9 Å². The number of rotatable bonds is 10. The highest BCUT2D eigenvalue weighted by atomic mass is 16.6. The normalized spacial score (nSPS) is 9.62. The second kappa shape index (κ2) is 11.6. The minimum absolute atomic E-state index is 0.0837. The van der Waals surface area contributed by atoms with Crippen LogP contribution >= 0.6 is 0 Å². The van der Waals surface area contributed by atoms with Gasteiger partial charge in [-0.15, -0.1) is 0 Å². The topological polar surface area (TPSA) is 117 Å². The predicted octanol–water partition coefficient (Wildman–Crippen LogP) is -1.21. The highest BCUT2D eigenvalue weighted by Crippen LogP contribution is 1.86. The van der Waals surface area contributed by atoms with Crippen LogP contribution in [0.25, 0.3) is 0 Å². The van der Waals surface area contributed by atoms with Gasteiger partial charge in [-0.25, -0.2) is 9.59 Å². The fourth-order valence-electron chi connectivity index (χ4n) is 1.01. The minimum atomic E-state index is -0.832. The molecule has 0 aliphatic carbocycles. The summed E-state index contributed by atoms with van der Waals surface area (Å²) in [6.07, 6.45) is 0. The monoisotopic (exact) mass is 305 g/mol. The molecule has 0 saturated carbocycles. The van der Waals surface area contributed by atoms with Crippen molar-refractivity contribution in [3.05, 3.63) is 0 Å². The third kappa shape index (κ3) is 14.1. The van der Waals surface area contributed by atoms with Gasteiger partial charge in [-0.2, -0.15) is 0 Å². The number of carbonyl (C=O) groups is 4. The van der Waals surface area contributed by atoms with Crippen molar-refractivity contribution in [3.63, 3.8) is 0 Å². The average Bonchev–Trinajstić information content (AvgIpc) is 2.41. The van der Waals surface area contributed by atoms with Crippen LogP contribution in [0, 0.1) is 0 Å². The lowest BCUT2D eigenvalue weighted by Crippen LogP contribution is -2.27. The number of ether oxygens (including phenoxy) is 4. The van der Waals surface area contributed by atoms with Gasteiger partial charge in [0.15, 0.2) is 13.2 Å². The molecule has 0 aromatic rings. The summed E-state index contributed by atoms with van der Waals surface area (Å²) in [5, 5.41) is 2.87. The molecule has 0 spiro atoms. The van der Waals surface area contributed by atoms with Crippen LogP contribution in [0.3, 0.4) is 0 Å². The molecular formula is C12H19NO8. The lowest BCUT2D eigenvalue weighted by molar-refractivity contribution is -0.164. The summed E-state index contributed by atoms with van der Waals surface area (Å²) in [6, 6.07) is 0. The van der Waals surface area contributed by atoms with Crippen molar-refractivity contribution in [2.75, 3.05) is 39.5 Å². The van der Waals surface area contributed by atoms with Gasteiger partial charge in [-0.3, -0.25) is 9.59 Å². The van der Waals surface area contributed by atoms with Crippen LogP contribution in [0.5, 0.6) is 0 Å². The zero-order valence-electron chi connectivity index (χ0n) is 12.0. The second-order valence-corrected chi connectivity index (χ2v) is 3.75. The summed E-state index contributed by atoms with van der Waals surface area (Å²) in [5.74, 6) is -2.53. The maximum absolute atomic E-state index is 11.2. The molecule has 1 N–H and O–H groups in total. The number of hydrogen-bond acceptors (Lipinski definition) is 9. The van der Waals surface area contributed by atoms with Crippen LogP contribution in [0.15, 0.2) is 0 Å². The van der Waals surface area contributed by atoms with Crippen molar-refractivity contribution < 1.29 is 38.1 Å². The Bertz CT molecular complexity index is 368. The fourth-order valence-corrected chi connectivity index (χ4v) is 1.01. The molecule has 0 radical (unpaired) electrons. The van der Waals surface area contributed by atoms with Crippen LogP contribution < -0.4 is 5.32 Å². The Labute approximate surface area is 121 Å². The van der Waals surface area contributed by atoms with E-state index in [2.05, 4.69) is 19.5 Å². The number of hydrogen-bond donors (Lipinski definition) is 1. The van der Waals surface area contributed by atoms with Gasteiger partial charge in [0.1, 0.15) is 13.2 Å².